The van der Waals surface area contributed by atoms with Crippen molar-refractivity contribution in [1.82, 2.24) is 5.32 Å². The summed E-state index contributed by atoms with van der Waals surface area (Å²) in [7, 11) is 0. The fourth-order valence-electron chi connectivity index (χ4n) is 9.96. The van der Waals surface area contributed by atoms with Gasteiger partial charge in [-0.3, -0.25) is 9.59 Å². The van der Waals surface area contributed by atoms with Crippen molar-refractivity contribution in [3.63, 3.8) is 0 Å². The first-order valence-electron chi connectivity index (χ1n) is 15.4. The molecule has 0 saturated heterocycles. The molecular weight excluding hydrogens is 474 g/mol. The number of carbonyl (C=O) groups excluding carboxylic acids is 2. The molecule has 1 N–H and O–H groups in total. The smallest absolute Gasteiger partial charge is 0.305 e. The molecule has 9 unspecified atom stereocenters. The molecule has 4 aliphatic carbocycles. The molecule has 0 radical (unpaired) electrons. The van der Waals surface area contributed by atoms with Crippen LogP contribution in [0.1, 0.15) is 113 Å². The Labute approximate surface area is 230 Å². The highest BCUT2D eigenvalue weighted by molar-refractivity contribution is 5.72. The zero-order valence-corrected chi connectivity index (χ0v) is 25.0. The van der Waals surface area contributed by atoms with Crippen LogP contribution < -0.4 is 5.32 Å². The van der Waals surface area contributed by atoms with Crippen molar-refractivity contribution < 1.29 is 19.1 Å². The van der Waals surface area contributed by atoms with Crippen LogP contribution in [0.15, 0.2) is 23.0 Å². The predicted molar refractivity (Wildman–Crippen MR) is 150 cm³/mol. The highest BCUT2D eigenvalue weighted by Gasteiger charge is 2.67. The van der Waals surface area contributed by atoms with Crippen LogP contribution in [0.5, 0.6) is 0 Å². The monoisotopic (exact) mass is 525 g/mol. The lowest BCUT2D eigenvalue weighted by molar-refractivity contribution is -0.151. The van der Waals surface area contributed by atoms with Gasteiger partial charge in [-0.05, 0) is 98.9 Å². The van der Waals surface area contributed by atoms with E-state index in [0.29, 0.717) is 29.6 Å². The van der Waals surface area contributed by atoms with E-state index >= 15 is 0 Å². The van der Waals surface area contributed by atoms with Crippen molar-refractivity contribution >= 4 is 11.9 Å². The highest BCUT2D eigenvalue weighted by atomic mass is 16.5. The van der Waals surface area contributed by atoms with Gasteiger partial charge < -0.3 is 14.8 Å². The standard InChI is InChI=1S/C33H51NO4/c1-8-29(36)37-24-13-15-31(5)23(17-24)10-11-25-26(31)14-16-32(6)27(25)18-33(7)30(32)21(3)28(38-33)12-9-20(2)19-34-22(4)35/h10,20,24-27,30H,8-9,11-19H2,1-7H3,(H,34,35). The number of amides is 1. The number of ether oxygens (including phenoxy) is 2. The van der Waals surface area contributed by atoms with Gasteiger partial charge >= 0.3 is 5.97 Å². The van der Waals surface area contributed by atoms with Crippen molar-refractivity contribution in [2.24, 2.45) is 40.4 Å². The van der Waals surface area contributed by atoms with E-state index < -0.39 is 0 Å². The molecule has 9 atom stereocenters. The third-order valence-electron chi connectivity index (χ3n) is 11.8. The number of carbonyl (C=O) groups is 2. The summed E-state index contributed by atoms with van der Waals surface area (Å²) in [5, 5.41) is 2.96. The van der Waals surface area contributed by atoms with Gasteiger partial charge in [-0.1, -0.05) is 39.3 Å². The molecule has 0 aromatic rings. The second-order valence-corrected chi connectivity index (χ2v) is 14.3. The van der Waals surface area contributed by atoms with Crippen molar-refractivity contribution in [2.45, 2.75) is 124 Å². The van der Waals surface area contributed by atoms with Crippen molar-refractivity contribution in [3.8, 4) is 0 Å². The van der Waals surface area contributed by atoms with Gasteiger partial charge in [-0.2, -0.15) is 0 Å². The van der Waals surface area contributed by atoms with Crippen LogP contribution in [-0.4, -0.2) is 30.1 Å². The summed E-state index contributed by atoms with van der Waals surface area (Å²) in [6.07, 6.45) is 13.1. The Bertz CT molecular complexity index is 1030. The van der Waals surface area contributed by atoms with Gasteiger partial charge in [-0.25, -0.2) is 0 Å². The minimum atomic E-state index is -0.0918. The summed E-state index contributed by atoms with van der Waals surface area (Å²) in [6.45, 7) is 16.3. The SMILES string of the molecule is CCC(=O)OC1CCC2(C)C(=CCC3C2CCC2(C)C3CC3(C)OC(CCC(C)CNC(C)=O)=C(C)C32)C1. The zero-order valence-electron chi connectivity index (χ0n) is 25.0. The van der Waals surface area contributed by atoms with E-state index in [-0.39, 0.29) is 29.0 Å². The lowest BCUT2D eigenvalue weighted by atomic mass is 9.47. The predicted octanol–water partition coefficient (Wildman–Crippen LogP) is 7.11. The molecule has 1 heterocycles. The summed E-state index contributed by atoms with van der Waals surface area (Å²) >= 11 is 0. The third kappa shape index (κ3) is 4.54. The molecule has 212 valence electrons. The molecule has 5 nitrogen and oxygen atoms in total. The van der Waals surface area contributed by atoms with Crippen LogP contribution >= 0.6 is 0 Å². The lowest BCUT2D eigenvalue weighted by Crippen LogP contribution is -2.50. The fourth-order valence-corrected chi connectivity index (χ4v) is 9.96. The molecule has 0 bridgehead atoms. The number of esters is 1. The van der Waals surface area contributed by atoms with Gasteiger partial charge in [0.15, 0.2) is 0 Å². The summed E-state index contributed by atoms with van der Waals surface area (Å²) < 4.78 is 12.7. The number of fused-ring (bicyclic) bond motifs is 7. The summed E-state index contributed by atoms with van der Waals surface area (Å²) in [5.74, 6) is 4.30. The Morgan fingerprint density at radius 2 is 1.95 bits per heavy atom. The molecule has 0 spiro atoms. The van der Waals surface area contributed by atoms with Crippen LogP contribution in [0.4, 0.5) is 0 Å². The Morgan fingerprint density at radius 1 is 1.18 bits per heavy atom. The molecule has 1 aliphatic heterocycles. The Morgan fingerprint density at radius 3 is 2.66 bits per heavy atom. The van der Waals surface area contributed by atoms with Crippen molar-refractivity contribution in [2.75, 3.05) is 6.54 Å². The molecular formula is C33H51NO4. The van der Waals surface area contributed by atoms with E-state index in [4.69, 9.17) is 9.47 Å². The Kier molecular flexibility index (Phi) is 7.31. The van der Waals surface area contributed by atoms with E-state index in [0.717, 1.165) is 56.9 Å². The number of hydrogen-bond acceptors (Lipinski definition) is 4. The average Bonchev–Trinajstić information content (AvgIpc) is 3.27. The normalized spacial score (nSPS) is 42.2. The third-order valence-corrected chi connectivity index (χ3v) is 11.8. The van der Waals surface area contributed by atoms with E-state index in [9.17, 15) is 9.59 Å². The molecule has 3 saturated carbocycles. The first-order valence-corrected chi connectivity index (χ1v) is 15.4. The van der Waals surface area contributed by atoms with Gasteiger partial charge in [0.1, 0.15) is 11.7 Å². The summed E-state index contributed by atoms with van der Waals surface area (Å²) in [5.41, 5.74) is 3.51. The van der Waals surface area contributed by atoms with E-state index in [1.807, 2.05) is 6.92 Å². The maximum Gasteiger partial charge on any atom is 0.305 e. The number of hydrogen-bond donors (Lipinski definition) is 1. The second kappa shape index (κ2) is 10.0. The second-order valence-electron chi connectivity index (χ2n) is 14.3. The average molecular weight is 526 g/mol. The Balaban J connectivity index is 1.31. The van der Waals surface area contributed by atoms with E-state index in [1.54, 1.807) is 12.5 Å². The largest absolute Gasteiger partial charge is 0.491 e. The van der Waals surface area contributed by atoms with Crippen LogP contribution in [0.25, 0.3) is 0 Å². The van der Waals surface area contributed by atoms with Crippen molar-refractivity contribution in [3.05, 3.63) is 23.0 Å². The molecule has 1 amide bonds. The first kappa shape index (κ1) is 27.8. The topological polar surface area (TPSA) is 64.6 Å². The zero-order chi connectivity index (χ0) is 27.5. The minimum Gasteiger partial charge on any atom is -0.491 e. The first-order chi connectivity index (χ1) is 17.9. The highest BCUT2D eigenvalue weighted by Crippen LogP contribution is 2.71. The molecule has 0 aromatic heterocycles. The van der Waals surface area contributed by atoms with Gasteiger partial charge in [-0.15, -0.1) is 0 Å². The molecule has 0 aromatic carbocycles. The minimum absolute atomic E-state index is 0.0486. The maximum atomic E-state index is 11.9. The van der Waals surface area contributed by atoms with Crippen LogP contribution in [0.3, 0.4) is 0 Å². The molecule has 5 aliphatic rings. The number of rotatable bonds is 7. The van der Waals surface area contributed by atoms with Gasteiger partial charge in [0, 0.05) is 38.6 Å². The quantitative estimate of drug-likeness (QED) is 0.284. The Hall–Kier alpha value is -1.78. The van der Waals surface area contributed by atoms with E-state index in [1.165, 1.54) is 30.6 Å². The maximum absolute atomic E-state index is 11.9. The van der Waals surface area contributed by atoms with Crippen LogP contribution in [-0.2, 0) is 19.1 Å². The van der Waals surface area contributed by atoms with Gasteiger partial charge in [0.05, 0.1) is 5.76 Å². The number of nitrogens with one attached hydrogen (secondary N) is 1. The van der Waals surface area contributed by atoms with Crippen molar-refractivity contribution in [1.29, 1.82) is 0 Å². The van der Waals surface area contributed by atoms with Crippen LogP contribution in [0.2, 0.25) is 0 Å². The van der Waals surface area contributed by atoms with Gasteiger partial charge in [0.2, 0.25) is 5.91 Å². The fraction of sp³-hybridized carbons (Fsp3) is 0.818. The molecule has 5 heteroatoms. The molecule has 3 fully saturated rings. The summed E-state index contributed by atoms with van der Waals surface area (Å²) in [6, 6.07) is 0. The lowest BCUT2D eigenvalue weighted by Gasteiger charge is -2.58. The number of allylic oxidation sites excluding steroid dienone is 2. The van der Waals surface area contributed by atoms with Gasteiger partial charge in [0.25, 0.3) is 0 Å². The van der Waals surface area contributed by atoms with E-state index in [2.05, 4.69) is 46.0 Å². The van der Waals surface area contributed by atoms with Crippen LogP contribution in [0, 0.1) is 40.4 Å². The molecule has 5 rings (SSSR count). The summed E-state index contributed by atoms with van der Waals surface area (Å²) in [4.78, 5) is 23.2. The molecule has 38 heavy (non-hydrogen) atoms.